The molecule has 1 aliphatic heterocycles. The topological polar surface area (TPSA) is 151 Å². The Labute approximate surface area is 200 Å². The molecule has 0 aromatic rings. The maximum absolute atomic E-state index is 11.8. The average Bonchev–Trinajstić information content (AvgIpc) is 3.12. The summed E-state index contributed by atoms with van der Waals surface area (Å²) in [5.41, 5.74) is 0. The average molecular weight is 484 g/mol. The highest BCUT2D eigenvalue weighted by molar-refractivity contribution is 7.97. The Bertz CT molecular complexity index is 668. The van der Waals surface area contributed by atoms with Gasteiger partial charge in [-0.1, -0.05) is 31.2 Å². The van der Waals surface area contributed by atoms with Crippen LogP contribution in [0.2, 0.25) is 0 Å². The molecule has 186 valence electrons. The number of hydrogen-bond donors (Lipinski definition) is 4. The van der Waals surface area contributed by atoms with Gasteiger partial charge in [0.15, 0.2) is 0 Å². The van der Waals surface area contributed by atoms with Crippen LogP contribution >= 0.6 is 11.9 Å². The van der Waals surface area contributed by atoms with Gasteiger partial charge < -0.3 is 16.0 Å². The molecule has 1 heterocycles. The second-order valence-electron chi connectivity index (χ2n) is 7.81. The van der Waals surface area contributed by atoms with Gasteiger partial charge in [0.25, 0.3) is 11.8 Å². The first-order valence-corrected chi connectivity index (χ1v) is 12.6. The number of carbonyl (C=O) groups is 5. The van der Waals surface area contributed by atoms with E-state index in [4.69, 9.17) is 5.14 Å². The summed E-state index contributed by atoms with van der Waals surface area (Å²) in [5.74, 6) is -0.262. The fraction of sp³-hybridized carbons (Fsp3) is 0.682. The van der Waals surface area contributed by atoms with Crippen LogP contribution in [-0.2, 0) is 24.0 Å². The van der Waals surface area contributed by atoms with Crippen molar-refractivity contribution in [3.05, 3.63) is 12.2 Å². The molecule has 0 radical (unpaired) electrons. The summed E-state index contributed by atoms with van der Waals surface area (Å²) in [5, 5.41) is 13.8. The summed E-state index contributed by atoms with van der Waals surface area (Å²) in [6, 6.07) is 0. The van der Waals surface area contributed by atoms with Crippen molar-refractivity contribution in [1.29, 1.82) is 0 Å². The molecule has 0 atom stereocenters. The molecule has 0 aromatic carbocycles. The summed E-state index contributed by atoms with van der Waals surface area (Å²) in [6.45, 7) is 1.93. The molecular formula is C22H37N5O5S. The van der Waals surface area contributed by atoms with E-state index in [1.54, 1.807) is 0 Å². The molecule has 1 rings (SSSR count). The van der Waals surface area contributed by atoms with Gasteiger partial charge in [0.2, 0.25) is 17.7 Å². The number of nitrogens with one attached hydrogen (secondary N) is 3. The lowest BCUT2D eigenvalue weighted by atomic mass is 10.1. The predicted octanol–water partition coefficient (Wildman–Crippen LogP) is 0.768. The smallest absolute Gasteiger partial charge is 0.253 e. The van der Waals surface area contributed by atoms with Gasteiger partial charge in [-0.15, -0.1) is 0 Å². The van der Waals surface area contributed by atoms with Gasteiger partial charge in [-0.05, 0) is 25.7 Å². The zero-order valence-electron chi connectivity index (χ0n) is 19.2. The van der Waals surface area contributed by atoms with Crippen LogP contribution < -0.4 is 21.1 Å². The number of nitrogens with two attached hydrogens (primary N) is 1. The lowest BCUT2D eigenvalue weighted by molar-refractivity contribution is -0.137. The summed E-state index contributed by atoms with van der Waals surface area (Å²) in [4.78, 5) is 58.9. The van der Waals surface area contributed by atoms with Crippen LogP contribution in [0.5, 0.6) is 0 Å². The van der Waals surface area contributed by atoms with Crippen LogP contribution in [-0.4, -0.2) is 66.4 Å². The SMILES string of the molecule is NSCCC(=O)NCCCCCCNC(=O)CCCCCNC(=O)CCN1C(=O)C=CC1=O. The van der Waals surface area contributed by atoms with Crippen molar-refractivity contribution >= 4 is 41.5 Å². The summed E-state index contributed by atoms with van der Waals surface area (Å²) >= 11 is 1.17. The van der Waals surface area contributed by atoms with E-state index in [9.17, 15) is 24.0 Å². The molecule has 11 heteroatoms. The number of hydrogen-bond acceptors (Lipinski definition) is 7. The van der Waals surface area contributed by atoms with Gasteiger partial charge in [-0.25, -0.2) is 0 Å². The molecule has 5 amide bonds. The van der Waals surface area contributed by atoms with Crippen molar-refractivity contribution < 1.29 is 24.0 Å². The van der Waals surface area contributed by atoms with Gasteiger partial charge in [-0.2, -0.15) is 0 Å². The van der Waals surface area contributed by atoms with Crippen LogP contribution in [0.4, 0.5) is 0 Å². The quantitative estimate of drug-likeness (QED) is 0.120. The van der Waals surface area contributed by atoms with Gasteiger partial charge in [0.05, 0.1) is 0 Å². The molecule has 5 N–H and O–H groups in total. The molecule has 0 spiro atoms. The van der Waals surface area contributed by atoms with Crippen molar-refractivity contribution in [2.45, 2.75) is 64.2 Å². The second kappa shape index (κ2) is 18.1. The zero-order valence-corrected chi connectivity index (χ0v) is 20.1. The van der Waals surface area contributed by atoms with Crippen LogP contribution in [0, 0.1) is 0 Å². The zero-order chi connectivity index (χ0) is 24.3. The molecule has 0 unspecified atom stereocenters. The van der Waals surface area contributed by atoms with E-state index in [1.807, 2.05) is 0 Å². The highest BCUT2D eigenvalue weighted by atomic mass is 32.2. The van der Waals surface area contributed by atoms with E-state index in [2.05, 4.69) is 16.0 Å². The highest BCUT2D eigenvalue weighted by Crippen LogP contribution is 2.04. The van der Waals surface area contributed by atoms with E-state index in [0.29, 0.717) is 38.2 Å². The molecule has 33 heavy (non-hydrogen) atoms. The van der Waals surface area contributed by atoms with Crippen LogP contribution in [0.15, 0.2) is 12.2 Å². The third kappa shape index (κ3) is 14.4. The molecular weight excluding hydrogens is 446 g/mol. The lowest BCUT2D eigenvalue weighted by Gasteiger charge is -2.13. The van der Waals surface area contributed by atoms with Crippen LogP contribution in [0.25, 0.3) is 0 Å². The standard InChI is InChI=1S/C22H37N5O5S/c23-33-17-12-20(30)26-14-6-2-1-5-13-24-18(28)8-4-3-7-15-25-19(29)11-16-27-21(31)9-10-22(27)32/h9-10H,1-8,11-17,23H2,(H,24,28)(H,25,29)(H,26,30). The number of unbranched alkanes of at least 4 members (excludes halogenated alkanes) is 5. The third-order valence-electron chi connectivity index (χ3n) is 5.06. The maximum Gasteiger partial charge on any atom is 0.253 e. The molecule has 0 fully saturated rings. The van der Waals surface area contributed by atoms with Gasteiger partial charge >= 0.3 is 0 Å². The number of imide groups is 1. The molecule has 0 aromatic heterocycles. The fourth-order valence-electron chi connectivity index (χ4n) is 3.16. The molecule has 0 saturated carbocycles. The van der Waals surface area contributed by atoms with E-state index < -0.39 is 0 Å². The Balaban J connectivity index is 1.86. The Kier molecular flexibility index (Phi) is 15.7. The molecule has 10 nitrogen and oxygen atoms in total. The molecule has 1 aliphatic rings. The fourth-order valence-corrected chi connectivity index (χ4v) is 3.46. The highest BCUT2D eigenvalue weighted by Gasteiger charge is 2.23. The first kappa shape index (κ1) is 28.6. The molecule has 0 aliphatic carbocycles. The van der Waals surface area contributed by atoms with E-state index >= 15 is 0 Å². The monoisotopic (exact) mass is 483 g/mol. The van der Waals surface area contributed by atoms with Gasteiger partial charge in [0.1, 0.15) is 0 Å². The number of carbonyl (C=O) groups excluding carboxylic acids is 5. The molecule has 0 saturated heterocycles. The van der Waals surface area contributed by atoms with Crippen LogP contribution in [0.3, 0.4) is 0 Å². The maximum atomic E-state index is 11.8. The van der Waals surface area contributed by atoms with E-state index in [1.165, 1.54) is 24.1 Å². The molecule has 0 bridgehead atoms. The first-order chi connectivity index (χ1) is 15.9. The van der Waals surface area contributed by atoms with Crippen molar-refractivity contribution in [3.8, 4) is 0 Å². The number of nitrogens with zero attached hydrogens (tertiary/aromatic N) is 1. The summed E-state index contributed by atoms with van der Waals surface area (Å²) in [7, 11) is 0. The minimum atomic E-state index is -0.384. The Hall–Kier alpha value is -2.40. The largest absolute Gasteiger partial charge is 0.356 e. The predicted molar refractivity (Wildman–Crippen MR) is 128 cm³/mol. The van der Waals surface area contributed by atoms with Gasteiger partial charge in [0, 0.05) is 63.3 Å². The lowest BCUT2D eigenvalue weighted by Crippen LogP contribution is -2.34. The van der Waals surface area contributed by atoms with E-state index in [0.717, 1.165) is 49.8 Å². The van der Waals surface area contributed by atoms with Crippen molar-refractivity contribution in [1.82, 2.24) is 20.9 Å². The first-order valence-electron chi connectivity index (χ1n) is 11.6. The number of amides is 5. The van der Waals surface area contributed by atoms with E-state index in [-0.39, 0.29) is 42.5 Å². The van der Waals surface area contributed by atoms with Crippen molar-refractivity contribution in [3.63, 3.8) is 0 Å². The normalized spacial score (nSPS) is 12.8. The van der Waals surface area contributed by atoms with Crippen molar-refractivity contribution in [2.75, 3.05) is 31.9 Å². The second-order valence-corrected chi connectivity index (χ2v) is 8.55. The summed E-state index contributed by atoms with van der Waals surface area (Å²) in [6.07, 6.45) is 9.62. The van der Waals surface area contributed by atoms with Crippen LogP contribution in [0.1, 0.15) is 64.2 Å². The van der Waals surface area contributed by atoms with Gasteiger partial charge in [-0.3, -0.25) is 34.0 Å². The Morgan fingerprint density at radius 2 is 1.15 bits per heavy atom. The number of rotatable bonds is 19. The third-order valence-corrected chi connectivity index (χ3v) is 5.50. The minimum absolute atomic E-state index is 0.0354. The summed E-state index contributed by atoms with van der Waals surface area (Å²) < 4.78 is 0. The minimum Gasteiger partial charge on any atom is -0.356 e. The Morgan fingerprint density at radius 3 is 1.67 bits per heavy atom. The van der Waals surface area contributed by atoms with Crippen molar-refractivity contribution in [2.24, 2.45) is 5.14 Å². The Morgan fingerprint density at radius 1 is 0.697 bits per heavy atom.